The first kappa shape index (κ1) is 19.6. The van der Waals surface area contributed by atoms with Crippen LogP contribution in [0.2, 0.25) is 0 Å². The van der Waals surface area contributed by atoms with Crippen LogP contribution in [0.5, 0.6) is 5.88 Å². The lowest BCUT2D eigenvalue weighted by atomic mass is 9.97. The van der Waals surface area contributed by atoms with Gasteiger partial charge in [0.15, 0.2) is 0 Å². The fourth-order valence-electron chi connectivity index (χ4n) is 3.57. The van der Waals surface area contributed by atoms with Gasteiger partial charge in [-0.2, -0.15) is 4.98 Å². The molecule has 0 spiro atoms. The molecule has 150 valence electrons. The highest BCUT2D eigenvalue weighted by atomic mass is 16.5. The van der Waals surface area contributed by atoms with Gasteiger partial charge in [-0.05, 0) is 48.2 Å². The third-order valence-corrected chi connectivity index (χ3v) is 4.89. The van der Waals surface area contributed by atoms with Gasteiger partial charge in [-0.1, -0.05) is 42.5 Å². The summed E-state index contributed by atoms with van der Waals surface area (Å²) in [5.74, 6) is 1.36. The molecule has 1 unspecified atom stereocenters. The first-order chi connectivity index (χ1) is 14.8. The molecule has 0 aliphatic heterocycles. The molecule has 3 aromatic heterocycles. The molecule has 0 fully saturated rings. The van der Waals surface area contributed by atoms with Crippen LogP contribution in [-0.2, 0) is 0 Å². The third-order valence-electron chi connectivity index (χ3n) is 4.89. The van der Waals surface area contributed by atoms with Gasteiger partial charge in [0.25, 0.3) is 0 Å². The molecule has 4 rings (SSSR count). The largest absolute Gasteiger partial charge is 0.481 e. The van der Waals surface area contributed by atoms with E-state index in [1.807, 2.05) is 42.9 Å². The molecule has 0 N–H and O–H groups in total. The highest BCUT2D eigenvalue weighted by Crippen LogP contribution is 2.36. The summed E-state index contributed by atoms with van der Waals surface area (Å²) in [6.07, 6.45) is 18.9. The fraction of sp³-hybridized carbons (Fsp3) is 0.160. The summed E-state index contributed by atoms with van der Waals surface area (Å²) in [5.41, 5.74) is 4.28. The maximum atomic E-state index is 5.42. The Morgan fingerprint density at radius 2 is 1.90 bits per heavy atom. The highest BCUT2D eigenvalue weighted by Gasteiger charge is 2.27. The maximum absolute atomic E-state index is 5.42. The predicted octanol–water partition coefficient (Wildman–Crippen LogP) is 5.18. The van der Waals surface area contributed by atoms with E-state index in [-0.39, 0.29) is 6.04 Å². The summed E-state index contributed by atoms with van der Waals surface area (Å²) in [6, 6.07) is 11.9. The Morgan fingerprint density at radius 3 is 2.70 bits per heavy atom. The molecule has 0 amide bonds. The standard InChI is InChI=1S/C25H24N4O/c1-19-15-21(18-27-16-19)25(20-9-8-14-26-17-20)29(22-10-5-3-4-6-11-22)23-12-7-13-24(28-23)30-2/h3-5,7-18,25H,6H2,1-2H3. The zero-order valence-electron chi connectivity index (χ0n) is 17.1. The van der Waals surface area contributed by atoms with Crippen molar-refractivity contribution in [1.29, 1.82) is 0 Å². The number of hydrogen-bond donors (Lipinski definition) is 0. The quantitative estimate of drug-likeness (QED) is 0.574. The molecular formula is C25H24N4O. The Balaban J connectivity index is 1.94. The lowest BCUT2D eigenvalue weighted by Gasteiger charge is -2.34. The van der Waals surface area contributed by atoms with Crippen molar-refractivity contribution < 1.29 is 4.74 Å². The Labute approximate surface area is 177 Å². The van der Waals surface area contributed by atoms with E-state index in [9.17, 15) is 0 Å². The second-order valence-electron chi connectivity index (χ2n) is 7.04. The zero-order valence-corrected chi connectivity index (χ0v) is 17.1. The molecule has 1 aliphatic carbocycles. The lowest BCUT2D eigenvalue weighted by molar-refractivity contribution is 0.398. The minimum atomic E-state index is -0.153. The molecule has 0 radical (unpaired) electrons. The number of hydrogen-bond acceptors (Lipinski definition) is 5. The van der Waals surface area contributed by atoms with E-state index in [1.165, 1.54) is 0 Å². The molecule has 0 aromatic carbocycles. The second-order valence-corrected chi connectivity index (χ2v) is 7.04. The number of methoxy groups -OCH3 is 1. The zero-order chi connectivity index (χ0) is 20.8. The van der Waals surface area contributed by atoms with Gasteiger partial charge in [0, 0.05) is 36.6 Å². The Kier molecular flexibility index (Phi) is 5.99. The van der Waals surface area contributed by atoms with Gasteiger partial charge < -0.3 is 9.64 Å². The van der Waals surface area contributed by atoms with Gasteiger partial charge in [-0.3, -0.25) is 9.97 Å². The summed E-state index contributed by atoms with van der Waals surface area (Å²) in [5, 5.41) is 0. The number of rotatable bonds is 6. The van der Waals surface area contributed by atoms with E-state index in [1.54, 1.807) is 13.3 Å². The van der Waals surface area contributed by atoms with Crippen LogP contribution in [-0.4, -0.2) is 22.1 Å². The Hall–Kier alpha value is -3.73. The monoisotopic (exact) mass is 396 g/mol. The molecular weight excluding hydrogens is 372 g/mol. The lowest BCUT2D eigenvalue weighted by Crippen LogP contribution is -2.29. The van der Waals surface area contributed by atoms with Gasteiger partial charge >= 0.3 is 0 Å². The molecule has 0 bridgehead atoms. The average Bonchev–Trinajstić information content (AvgIpc) is 3.07. The van der Waals surface area contributed by atoms with E-state index in [0.29, 0.717) is 5.88 Å². The molecule has 5 heteroatoms. The maximum Gasteiger partial charge on any atom is 0.214 e. The summed E-state index contributed by atoms with van der Waals surface area (Å²) in [6.45, 7) is 2.06. The SMILES string of the molecule is COc1cccc(N(C2=CCC=CC=C2)C(c2cccnc2)c2cncc(C)c2)n1. The van der Waals surface area contributed by atoms with Crippen LogP contribution >= 0.6 is 0 Å². The summed E-state index contributed by atoms with van der Waals surface area (Å²) >= 11 is 0. The van der Waals surface area contributed by atoms with Crippen molar-refractivity contribution in [2.45, 2.75) is 19.4 Å². The number of aromatic nitrogens is 3. The van der Waals surface area contributed by atoms with Crippen LogP contribution in [0.4, 0.5) is 5.82 Å². The fourth-order valence-corrected chi connectivity index (χ4v) is 3.57. The molecule has 0 saturated heterocycles. The van der Waals surface area contributed by atoms with E-state index >= 15 is 0 Å². The smallest absolute Gasteiger partial charge is 0.214 e. The van der Waals surface area contributed by atoms with Crippen LogP contribution in [0.15, 0.2) is 97.3 Å². The van der Waals surface area contributed by atoms with Crippen molar-refractivity contribution in [3.8, 4) is 5.88 Å². The number of anilines is 1. The van der Waals surface area contributed by atoms with Crippen LogP contribution in [0.25, 0.3) is 0 Å². The Morgan fingerprint density at radius 1 is 1.00 bits per heavy atom. The van der Waals surface area contributed by atoms with E-state index in [0.717, 1.165) is 34.6 Å². The number of ether oxygens (including phenoxy) is 1. The number of allylic oxidation sites excluding steroid dienone is 5. The molecule has 5 nitrogen and oxygen atoms in total. The van der Waals surface area contributed by atoms with Crippen LogP contribution in [0.3, 0.4) is 0 Å². The third kappa shape index (κ3) is 4.30. The molecule has 3 heterocycles. The predicted molar refractivity (Wildman–Crippen MR) is 119 cm³/mol. The molecule has 3 aromatic rings. The minimum Gasteiger partial charge on any atom is -0.481 e. The Bertz CT molecular complexity index is 1090. The van der Waals surface area contributed by atoms with Crippen molar-refractivity contribution in [3.63, 3.8) is 0 Å². The van der Waals surface area contributed by atoms with Crippen LogP contribution in [0, 0.1) is 6.92 Å². The van der Waals surface area contributed by atoms with Gasteiger partial charge in [-0.15, -0.1) is 0 Å². The van der Waals surface area contributed by atoms with Crippen molar-refractivity contribution in [2.24, 2.45) is 0 Å². The molecule has 1 aliphatic rings. The van der Waals surface area contributed by atoms with Gasteiger partial charge in [-0.25, -0.2) is 0 Å². The minimum absolute atomic E-state index is 0.153. The molecule has 30 heavy (non-hydrogen) atoms. The molecule has 1 atom stereocenters. The summed E-state index contributed by atoms with van der Waals surface area (Å²) in [7, 11) is 1.63. The summed E-state index contributed by atoms with van der Waals surface area (Å²) < 4.78 is 5.42. The first-order valence-electron chi connectivity index (χ1n) is 9.91. The normalized spacial score (nSPS) is 14.0. The number of nitrogens with zero attached hydrogens (tertiary/aromatic N) is 4. The number of aryl methyl sites for hydroxylation is 1. The van der Waals surface area contributed by atoms with Crippen molar-refractivity contribution in [2.75, 3.05) is 12.0 Å². The average molecular weight is 396 g/mol. The van der Waals surface area contributed by atoms with E-state index < -0.39 is 0 Å². The van der Waals surface area contributed by atoms with Gasteiger partial charge in [0.05, 0.1) is 13.2 Å². The van der Waals surface area contributed by atoms with Gasteiger partial charge in [0.2, 0.25) is 5.88 Å². The van der Waals surface area contributed by atoms with Crippen molar-refractivity contribution in [3.05, 3.63) is 114 Å². The van der Waals surface area contributed by atoms with Crippen molar-refractivity contribution >= 4 is 5.82 Å². The van der Waals surface area contributed by atoms with Crippen LogP contribution < -0.4 is 9.64 Å². The van der Waals surface area contributed by atoms with E-state index in [2.05, 4.69) is 64.3 Å². The highest BCUT2D eigenvalue weighted by molar-refractivity contribution is 5.57. The van der Waals surface area contributed by atoms with Crippen LogP contribution in [0.1, 0.15) is 29.2 Å². The summed E-state index contributed by atoms with van der Waals surface area (Å²) in [4.78, 5) is 15.8. The number of pyridine rings is 3. The second kappa shape index (κ2) is 9.18. The van der Waals surface area contributed by atoms with Crippen molar-refractivity contribution in [1.82, 2.24) is 15.0 Å². The first-order valence-corrected chi connectivity index (χ1v) is 9.91. The van der Waals surface area contributed by atoms with Gasteiger partial charge in [0.1, 0.15) is 5.82 Å². The van der Waals surface area contributed by atoms with E-state index in [4.69, 9.17) is 9.72 Å². The molecule has 0 saturated carbocycles. The topological polar surface area (TPSA) is 51.1 Å².